The average molecular weight is 197 g/mol. The summed E-state index contributed by atoms with van der Waals surface area (Å²) in [5.74, 6) is -1.42. The van der Waals surface area contributed by atoms with Crippen LogP contribution < -0.4 is 4.90 Å². The molecule has 0 aliphatic heterocycles. The maximum absolute atomic E-state index is 12.8. The third kappa shape index (κ3) is 2.73. The number of carbonyl (C=O) groups is 1. The van der Waals surface area contributed by atoms with Crippen LogP contribution in [0.3, 0.4) is 0 Å². The SMILES string of the molecule is CN(CC(F)C(=O)O)c1ccccc1. The van der Waals surface area contributed by atoms with Crippen molar-refractivity contribution < 1.29 is 14.3 Å². The number of benzene rings is 1. The third-order valence-electron chi connectivity index (χ3n) is 1.90. The molecule has 0 aliphatic rings. The highest BCUT2D eigenvalue weighted by Crippen LogP contribution is 2.11. The van der Waals surface area contributed by atoms with Gasteiger partial charge in [-0.1, -0.05) is 18.2 Å². The Hall–Kier alpha value is -1.58. The Morgan fingerprint density at radius 1 is 1.50 bits per heavy atom. The molecular formula is C10H12FNO2. The van der Waals surface area contributed by atoms with Crippen molar-refractivity contribution in [2.24, 2.45) is 0 Å². The lowest BCUT2D eigenvalue weighted by atomic mass is 10.3. The van der Waals surface area contributed by atoms with Crippen molar-refractivity contribution in [3.8, 4) is 0 Å². The van der Waals surface area contributed by atoms with Crippen LogP contribution in [0.15, 0.2) is 30.3 Å². The van der Waals surface area contributed by atoms with Crippen LogP contribution >= 0.6 is 0 Å². The van der Waals surface area contributed by atoms with Gasteiger partial charge in [0.1, 0.15) is 0 Å². The number of hydrogen-bond donors (Lipinski definition) is 1. The van der Waals surface area contributed by atoms with E-state index in [1.54, 1.807) is 24.1 Å². The van der Waals surface area contributed by atoms with Crippen LogP contribution in [-0.2, 0) is 4.79 Å². The number of rotatable bonds is 4. The molecule has 0 aromatic heterocycles. The molecule has 1 aromatic rings. The van der Waals surface area contributed by atoms with Gasteiger partial charge in [0.25, 0.3) is 0 Å². The number of hydrogen-bond acceptors (Lipinski definition) is 2. The lowest BCUT2D eigenvalue weighted by Crippen LogP contribution is -2.31. The number of carboxylic acids is 1. The molecule has 1 atom stereocenters. The molecule has 0 radical (unpaired) electrons. The van der Waals surface area contributed by atoms with Gasteiger partial charge in [0.2, 0.25) is 6.17 Å². The second-order valence-corrected chi connectivity index (χ2v) is 3.02. The molecule has 76 valence electrons. The number of aliphatic carboxylic acids is 1. The highest BCUT2D eigenvalue weighted by molar-refractivity contribution is 5.73. The lowest BCUT2D eigenvalue weighted by molar-refractivity contribution is -0.142. The minimum absolute atomic E-state index is 0.140. The van der Waals surface area contributed by atoms with Crippen molar-refractivity contribution >= 4 is 11.7 Å². The molecule has 0 fully saturated rings. The molecule has 0 saturated carbocycles. The summed E-state index contributed by atoms with van der Waals surface area (Å²) in [7, 11) is 1.66. The van der Waals surface area contributed by atoms with E-state index < -0.39 is 12.1 Å². The first-order valence-corrected chi connectivity index (χ1v) is 4.24. The summed E-state index contributed by atoms with van der Waals surface area (Å²) in [4.78, 5) is 11.8. The van der Waals surface area contributed by atoms with Gasteiger partial charge in [0, 0.05) is 12.7 Å². The van der Waals surface area contributed by atoms with E-state index in [0.29, 0.717) is 0 Å². The molecule has 0 saturated heterocycles. The Balaban J connectivity index is 2.59. The van der Waals surface area contributed by atoms with E-state index in [4.69, 9.17) is 5.11 Å². The summed E-state index contributed by atoms with van der Waals surface area (Å²) in [6.07, 6.45) is -1.85. The Kier molecular flexibility index (Phi) is 3.45. The van der Waals surface area contributed by atoms with Gasteiger partial charge < -0.3 is 10.0 Å². The van der Waals surface area contributed by atoms with E-state index in [0.717, 1.165) is 5.69 Å². The smallest absolute Gasteiger partial charge is 0.340 e. The number of nitrogens with zero attached hydrogens (tertiary/aromatic N) is 1. The predicted octanol–water partition coefficient (Wildman–Crippen LogP) is 1.55. The van der Waals surface area contributed by atoms with Crippen molar-refractivity contribution in [1.29, 1.82) is 0 Å². The molecule has 0 amide bonds. The number of para-hydroxylation sites is 1. The summed E-state index contributed by atoms with van der Waals surface area (Å²) in [5.41, 5.74) is 0.802. The van der Waals surface area contributed by atoms with Crippen molar-refractivity contribution in [2.45, 2.75) is 6.17 Å². The summed E-state index contributed by atoms with van der Waals surface area (Å²) in [5, 5.41) is 8.38. The van der Waals surface area contributed by atoms with Gasteiger partial charge in [-0.2, -0.15) is 0 Å². The van der Waals surface area contributed by atoms with Gasteiger partial charge >= 0.3 is 5.97 Å². The maximum Gasteiger partial charge on any atom is 0.340 e. The van der Waals surface area contributed by atoms with Gasteiger partial charge in [-0.25, -0.2) is 9.18 Å². The topological polar surface area (TPSA) is 40.5 Å². The minimum Gasteiger partial charge on any atom is -0.479 e. The highest BCUT2D eigenvalue weighted by atomic mass is 19.1. The van der Waals surface area contributed by atoms with Crippen LogP contribution in [0.1, 0.15) is 0 Å². The van der Waals surface area contributed by atoms with Gasteiger partial charge in [0.15, 0.2) is 0 Å². The number of halogens is 1. The van der Waals surface area contributed by atoms with Crippen LogP contribution in [0, 0.1) is 0 Å². The van der Waals surface area contributed by atoms with Crippen LogP contribution in [0.5, 0.6) is 0 Å². The highest BCUT2D eigenvalue weighted by Gasteiger charge is 2.17. The van der Waals surface area contributed by atoms with Crippen LogP contribution in [0.2, 0.25) is 0 Å². The second-order valence-electron chi connectivity index (χ2n) is 3.02. The molecule has 14 heavy (non-hydrogen) atoms. The molecule has 3 nitrogen and oxygen atoms in total. The molecule has 1 N–H and O–H groups in total. The van der Waals surface area contributed by atoms with Gasteiger partial charge in [0.05, 0.1) is 6.54 Å². The summed E-state index contributed by atoms with van der Waals surface area (Å²) < 4.78 is 12.8. The number of alkyl halides is 1. The van der Waals surface area contributed by atoms with E-state index in [1.165, 1.54) is 0 Å². The molecule has 0 aliphatic carbocycles. The third-order valence-corrected chi connectivity index (χ3v) is 1.90. The Bertz CT molecular complexity index is 302. The molecule has 1 unspecified atom stereocenters. The van der Waals surface area contributed by atoms with Crippen molar-refractivity contribution in [1.82, 2.24) is 0 Å². The van der Waals surface area contributed by atoms with Crippen LogP contribution in [-0.4, -0.2) is 30.8 Å². The largest absolute Gasteiger partial charge is 0.479 e. The first-order valence-electron chi connectivity index (χ1n) is 4.24. The standard InChI is InChI=1S/C10H12FNO2/c1-12(7-9(11)10(13)14)8-5-3-2-4-6-8/h2-6,9H,7H2,1H3,(H,13,14). The Labute approximate surface area is 81.8 Å². The summed E-state index contributed by atoms with van der Waals surface area (Å²) >= 11 is 0. The van der Waals surface area contributed by atoms with E-state index in [2.05, 4.69) is 0 Å². The molecule has 0 bridgehead atoms. The van der Waals surface area contributed by atoms with Gasteiger partial charge in [-0.15, -0.1) is 0 Å². The fourth-order valence-electron chi connectivity index (χ4n) is 1.11. The first kappa shape index (κ1) is 10.5. The average Bonchev–Trinajstić information content (AvgIpc) is 2.19. The summed E-state index contributed by atoms with van der Waals surface area (Å²) in [6, 6.07) is 9.09. The first-order chi connectivity index (χ1) is 6.61. The monoisotopic (exact) mass is 197 g/mol. The molecular weight excluding hydrogens is 185 g/mol. The zero-order chi connectivity index (χ0) is 10.6. The maximum atomic E-state index is 12.8. The van der Waals surface area contributed by atoms with Crippen LogP contribution in [0.25, 0.3) is 0 Å². The molecule has 1 aromatic carbocycles. The lowest BCUT2D eigenvalue weighted by Gasteiger charge is -2.19. The van der Waals surface area contributed by atoms with Crippen LogP contribution in [0.4, 0.5) is 10.1 Å². The molecule has 0 spiro atoms. The Morgan fingerprint density at radius 2 is 2.07 bits per heavy atom. The van der Waals surface area contributed by atoms with Crippen molar-refractivity contribution in [3.05, 3.63) is 30.3 Å². The molecule has 0 heterocycles. The molecule has 1 rings (SSSR count). The quantitative estimate of drug-likeness (QED) is 0.796. The zero-order valence-electron chi connectivity index (χ0n) is 7.85. The molecule has 4 heteroatoms. The fraction of sp³-hybridized carbons (Fsp3) is 0.300. The van der Waals surface area contributed by atoms with E-state index in [1.807, 2.05) is 18.2 Å². The van der Waals surface area contributed by atoms with E-state index >= 15 is 0 Å². The van der Waals surface area contributed by atoms with Gasteiger partial charge in [-0.3, -0.25) is 0 Å². The zero-order valence-corrected chi connectivity index (χ0v) is 7.85. The summed E-state index contributed by atoms with van der Waals surface area (Å²) in [6.45, 7) is -0.140. The number of carboxylic acid groups (broad SMARTS) is 1. The normalized spacial score (nSPS) is 12.1. The van der Waals surface area contributed by atoms with E-state index in [9.17, 15) is 9.18 Å². The van der Waals surface area contributed by atoms with Crippen molar-refractivity contribution in [2.75, 3.05) is 18.5 Å². The van der Waals surface area contributed by atoms with E-state index in [-0.39, 0.29) is 6.54 Å². The number of anilines is 1. The second kappa shape index (κ2) is 4.60. The van der Waals surface area contributed by atoms with Gasteiger partial charge in [-0.05, 0) is 12.1 Å². The Morgan fingerprint density at radius 3 is 2.57 bits per heavy atom. The van der Waals surface area contributed by atoms with Crippen molar-refractivity contribution in [3.63, 3.8) is 0 Å². The minimum atomic E-state index is -1.85. The fourth-order valence-corrected chi connectivity index (χ4v) is 1.11. The predicted molar refractivity (Wildman–Crippen MR) is 52.2 cm³/mol.